The summed E-state index contributed by atoms with van der Waals surface area (Å²) in [5.41, 5.74) is 0.925. The molecule has 1 saturated heterocycles. The first-order valence-electron chi connectivity index (χ1n) is 10.9. The highest BCUT2D eigenvalue weighted by atomic mass is 32.1. The van der Waals surface area contributed by atoms with Gasteiger partial charge < -0.3 is 19.6 Å². The number of rotatable bonds is 9. The topological polar surface area (TPSA) is 70.1 Å². The summed E-state index contributed by atoms with van der Waals surface area (Å²) in [6.45, 7) is 5.85. The van der Waals surface area contributed by atoms with E-state index in [-0.39, 0.29) is 11.4 Å². The smallest absolute Gasteiger partial charge is 0.290 e. The Balaban J connectivity index is 1.68. The number of benzene rings is 1. The first-order valence-corrected chi connectivity index (χ1v) is 11.8. The molecule has 1 unspecified atom stereocenters. The number of Topliss-reactive ketones (excluding diaryl/α,β-unsaturated/α-hetero) is 1. The van der Waals surface area contributed by atoms with Crippen molar-refractivity contribution in [3.63, 3.8) is 0 Å². The molecule has 0 saturated carbocycles. The summed E-state index contributed by atoms with van der Waals surface area (Å²) in [6.07, 6.45) is 3.22. The number of hydrogen-bond donors (Lipinski definition) is 1. The zero-order valence-corrected chi connectivity index (χ0v) is 18.6. The van der Waals surface area contributed by atoms with E-state index in [9.17, 15) is 14.7 Å². The summed E-state index contributed by atoms with van der Waals surface area (Å²) in [6, 6.07) is 10.4. The molecule has 3 heterocycles. The van der Waals surface area contributed by atoms with Crippen LogP contribution in [0.25, 0.3) is 0 Å². The Morgan fingerprint density at radius 3 is 2.71 bits per heavy atom. The Kier molecular flexibility index (Phi) is 6.73. The van der Waals surface area contributed by atoms with Crippen molar-refractivity contribution in [1.29, 1.82) is 0 Å². The van der Waals surface area contributed by atoms with Gasteiger partial charge in [-0.2, -0.15) is 0 Å². The summed E-state index contributed by atoms with van der Waals surface area (Å²) < 4.78 is 5.78. The summed E-state index contributed by atoms with van der Waals surface area (Å²) >= 11 is 1.31. The van der Waals surface area contributed by atoms with Crippen molar-refractivity contribution >= 4 is 23.0 Å². The fourth-order valence-electron chi connectivity index (χ4n) is 4.25. The van der Waals surface area contributed by atoms with E-state index >= 15 is 0 Å². The molecule has 1 aromatic carbocycles. The first-order chi connectivity index (χ1) is 15.1. The maximum atomic E-state index is 13.3. The van der Waals surface area contributed by atoms with Gasteiger partial charge in [-0.1, -0.05) is 25.1 Å². The minimum absolute atomic E-state index is 0.154. The Morgan fingerprint density at radius 1 is 1.19 bits per heavy atom. The molecule has 164 valence electrons. The van der Waals surface area contributed by atoms with Crippen LogP contribution in [0, 0.1) is 0 Å². The quantitative estimate of drug-likeness (QED) is 0.592. The van der Waals surface area contributed by atoms with Crippen LogP contribution in [0.3, 0.4) is 0 Å². The Bertz CT molecular complexity index is 964. The van der Waals surface area contributed by atoms with Crippen molar-refractivity contribution in [2.45, 2.75) is 32.2 Å². The average molecular weight is 441 g/mol. The monoisotopic (exact) mass is 440 g/mol. The molecular weight excluding hydrogens is 412 g/mol. The van der Waals surface area contributed by atoms with E-state index in [1.807, 2.05) is 36.6 Å². The maximum Gasteiger partial charge on any atom is 0.290 e. The van der Waals surface area contributed by atoms with Gasteiger partial charge in [-0.25, -0.2) is 0 Å². The number of amides is 1. The minimum Gasteiger partial charge on any atom is -0.503 e. The molecule has 4 rings (SSSR count). The SMILES string of the molecule is CCCOc1cccc(C2C(C(=O)c3cccs3)=C(O)C(=O)N2CCN2CCCC2)c1. The van der Waals surface area contributed by atoms with Crippen LogP contribution in [0.1, 0.15) is 47.5 Å². The lowest BCUT2D eigenvalue weighted by molar-refractivity contribution is -0.129. The second-order valence-electron chi connectivity index (χ2n) is 7.94. The standard InChI is InChI=1S/C24H28N2O4S/c1-2-14-30-18-8-5-7-17(16-18)21-20(22(27)19-9-6-15-31-19)23(28)24(29)26(21)13-12-25-10-3-4-11-25/h5-9,15-16,21,28H,2-4,10-14H2,1H3. The molecule has 1 atom stereocenters. The van der Waals surface area contributed by atoms with Crippen molar-refractivity contribution in [2.24, 2.45) is 0 Å². The van der Waals surface area contributed by atoms with Gasteiger partial charge in [0.2, 0.25) is 5.78 Å². The van der Waals surface area contributed by atoms with Crippen LogP contribution < -0.4 is 4.74 Å². The van der Waals surface area contributed by atoms with Crippen LogP contribution in [-0.2, 0) is 4.79 Å². The second kappa shape index (κ2) is 9.66. The molecule has 1 fully saturated rings. The summed E-state index contributed by atoms with van der Waals surface area (Å²) in [4.78, 5) is 30.8. The van der Waals surface area contributed by atoms with Crippen LogP contribution in [0.4, 0.5) is 0 Å². The van der Waals surface area contributed by atoms with Gasteiger partial charge in [0.1, 0.15) is 5.75 Å². The number of carbonyl (C=O) groups is 2. The molecule has 0 radical (unpaired) electrons. The van der Waals surface area contributed by atoms with Crippen molar-refractivity contribution in [2.75, 3.05) is 32.8 Å². The van der Waals surface area contributed by atoms with Crippen molar-refractivity contribution in [3.05, 3.63) is 63.6 Å². The van der Waals surface area contributed by atoms with E-state index in [1.165, 1.54) is 24.2 Å². The second-order valence-corrected chi connectivity index (χ2v) is 8.89. The first kappa shape index (κ1) is 21.6. The third kappa shape index (κ3) is 4.52. The number of aliphatic hydroxyl groups excluding tert-OH is 1. The molecule has 6 nitrogen and oxygen atoms in total. The molecule has 7 heteroatoms. The van der Waals surface area contributed by atoms with Crippen LogP contribution >= 0.6 is 11.3 Å². The summed E-state index contributed by atoms with van der Waals surface area (Å²) in [5, 5.41) is 12.6. The predicted molar refractivity (Wildman–Crippen MR) is 121 cm³/mol. The Hall–Kier alpha value is -2.64. The number of ether oxygens (including phenoxy) is 1. The lowest BCUT2D eigenvalue weighted by Crippen LogP contribution is -2.37. The zero-order chi connectivity index (χ0) is 21.8. The highest BCUT2D eigenvalue weighted by Gasteiger charge is 2.44. The van der Waals surface area contributed by atoms with Gasteiger partial charge in [-0.15, -0.1) is 11.3 Å². The molecule has 2 aromatic rings. The molecule has 31 heavy (non-hydrogen) atoms. The zero-order valence-electron chi connectivity index (χ0n) is 17.8. The lowest BCUT2D eigenvalue weighted by Gasteiger charge is -2.29. The number of carbonyl (C=O) groups excluding carboxylic acids is 2. The van der Waals surface area contributed by atoms with E-state index in [0.717, 1.165) is 31.6 Å². The molecule has 0 spiro atoms. The average Bonchev–Trinajstić information content (AvgIpc) is 3.54. The number of thiophene rings is 1. The highest BCUT2D eigenvalue weighted by molar-refractivity contribution is 7.12. The van der Waals surface area contributed by atoms with Gasteiger partial charge in [-0.05, 0) is 61.5 Å². The third-order valence-corrected chi connectivity index (χ3v) is 6.66. The molecule has 1 amide bonds. The molecular formula is C24H28N2O4S. The number of aliphatic hydroxyl groups is 1. The van der Waals surface area contributed by atoms with Crippen LogP contribution in [0.2, 0.25) is 0 Å². The van der Waals surface area contributed by atoms with Gasteiger partial charge >= 0.3 is 0 Å². The van der Waals surface area contributed by atoms with Gasteiger partial charge in [0.05, 0.1) is 23.1 Å². The van der Waals surface area contributed by atoms with E-state index < -0.39 is 17.7 Å². The molecule has 2 aliphatic heterocycles. The molecule has 0 aliphatic carbocycles. The summed E-state index contributed by atoms with van der Waals surface area (Å²) in [5.74, 6) is -0.524. The molecule has 0 bridgehead atoms. The van der Waals surface area contributed by atoms with E-state index in [2.05, 4.69) is 4.90 Å². The van der Waals surface area contributed by atoms with Gasteiger partial charge in [0, 0.05) is 13.1 Å². The van der Waals surface area contributed by atoms with Crippen LogP contribution in [-0.4, -0.2) is 59.4 Å². The number of hydrogen-bond acceptors (Lipinski definition) is 6. The van der Waals surface area contributed by atoms with Crippen molar-refractivity contribution < 1.29 is 19.4 Å². The van der Waals surface area contributed by atoms with E-state index in [0.29, 0.717) is 23.8 Å². The Labute approximate surface area is 186 Å². The fourth-order valence-corrected chi connectivity index (χ4v) is 4.93. The number of nitrogens with zero attached hydrogens (tertiary/aromatic N) is 2. The predicted octanol–water partition coefficient (Wildman–Crippen LogP) is 4.21. The molecule has 1 aromatic heterocycles. The number of likely N-dealkylation sites (tertiary alicyclic amines) is 1. The normalized spacial score (nSPS) is 19.5. The van der Waals surface area contributed by atoms with E-state index in [4.69, 9.17) is 4.74 Å². The van der Waals surface area contributed by atoms with Crippen LogP contribution in [0.15, 0.2) is 53.1 Å². The van der Waals surface area contributed by atoms with Gasteiger partial charge in [-0.3, -0.25) is 9.59 Å². The van der Waals surface area contributed by atoms with Gasteiger partial charge in [0.25, 0.3) is 5.91 Å². The largest absolute Gasteiger partial charge is 0.503 e. The van der Waals surface area contributed by atoms with Crippen molar-refractivity contribution in [3.8, 4) is 5.75 Å². The van der Waals surface area contributed by atoms with Crippen molar-refractivity contribution in [1.82, 2.24) is 9.80 Å². The highest BCUT2D eigenvalue weighted by Crippen LogP contribution is 2.40. The maximum absolute atomic E-state index is 13.3. The summed E-state index contributed by atoms with van der Waals surface area (Å²) in [7, 11) is 0. The fraction of sp³-hybridized carbons (Fsp3) is 0.417. The minimum atomic E-state index is -0.630. The molecule has 2 aliphatic rings. The van der Waals surface area contributed by atoms with Crippen LogP contribution in [0.5, 0.6) is 5.75 Å². The van der Waals surface area contributed by atoms with E-state index in [1.54, 1.807) is 17.0 Å². The number of ketones is 1. The third-order valence-electron chi connectivity index (χ3n) is 5.80. The molecule has 1 N–H and O–H groups in total. The lowest BCUT2D eigenvalue weighted by atomic mass is 9.95. The Morgan fingerprint density at radius 2 is 2.00 bits per heavy atom. The van der Waals surface area contributed by atoms with Gasteiger partial charge in [0.15, 0.2) is 5.76 Å².